The van der Waals surface area contributed by atoms with Crippen LogP contribution in [0.3, 0.4) is 0 Å². The van der Waals surface area contributed by atoms with Gasteiger partial charge in [0.05, 0.1) is 0 Å². The summed E-state index contributed by atoms with van der Waals surface area (Å²) in [4.78, 5) is 4.54. The van der Waals surface area contributed by atoms with Crippen LogP contribution in [-0.2, 0) is 6.42 Å². The molecule has 0 aliphatic heterocycles. The van der Waals surface area contributed by atoms with E-state index >= 15 is 0 Å². The summed E-state index contributed by atoms with van der Waals surface area (Å²) in [5.74, 6) is 0. The van der Waals surface area contributed by atoms with E-state index in [4.69, 9.17) is 0 Å². The summed E-state index contributed by atoms with van der Waals surface area (Å²) in [7, 11) is 0. The lowest BCUT2D eigenvalue weighted by molar-refractivity contribution is 0.524. The fourth-order valence-electron chi connectivity index (χ4n) is 2.28. The maximum absolute atomic E-state index is 4.54. The number of benzene rings is 1. The molecule has 0 radical (unpaired) electrons. The normalized spacial score (nSPS) is 12.4. The lowest BCUT2D eigenvalue weighted by atomic mass is 10.00. The second kappa shape index (κ2) is 7.71. The van der Waals surface area contributed by atoms with Gasteiger partial charge in [0.1, 0.15) is 0 Å². The minimum absolute atomic E-state index is 0.303. The molecule has 112 valence electrons. The molecular formula is C18H23BrN2. The third-order valence-corrected chi connectivity index (χ3v) is 4.48. The first-order valence-corrected chi connectivity index (χ1v) is 8.30. The smallest absolute Gasteiger partial charge is 0.0422 e. The molecule has 1 aromatic carbocycles. The highest BCUT2D eigenvalue weighted by Crippen LogP contribution is 2.24. The first kappa shape index (κ1) is 16.2. The van der Waals surface area contributed by atoms with Gasteiger partial charge in [0.25, 0.3) is 0 Å². The topological polar surface area (TPSA) is 24.9 Å². The van der Waals surface area contributed by atoms with E-state index in [0.29, 0.717) is 6.04 Å². The Morgan fingerprint density at radius 3 is 2.62 bits per heavy atom. The second-order valence-corrected chi connectivity index (χ2v) is 6.40. The number of hydrogen-bond donors (Lipinski definition) is 1. The van der Waals surface area contributed by atoms with Crippen LogP contribution >= 0.6 is 15.9 Å². The number of rotatable bonds is 6. The molecule has 21 heavy (non-hydrogen) atoms. The highest BCUT2D eigenvalue weighted by Gasteiger charge is 2.13. The van der Waals surface area contributed by atoms with Gasteiger partial charge in [-0.05, 0) is 55.6 Å². The third-order valence-electron chi connectivity index (χ3n) is 3.62. The van der Waals surface area contributed by atoms with Crippen LogP contribution in [0.5, 0.6) is 0 Å². The van der Waals surface area contributed by atoms with Gasteiger partial charge in [-0.2, -0.15) is 0 Å². The Hall–Kier alpha value is -1.19. The summed E-state index contributed by atoms with van der Waals surface area (Å²) in [6.45, 7) is 7.39. The molecule has 1 unspecified atom stereocenters. The Labute approximate surface area is 136 Å². The number of nitrogens with zero attached hydrogens (tertiary/aromatic N) is 1. The van der Waals surface area contributed by atoms with Crippen molar-refractivity contribution in [1.29, 1.82) is 0 Å². The van der Waals surface area contributed by atoms with Crippen molar-refractivity contribution in [3.05, 3.63) is 63.4 Å². The first-order valence-electron chi connectivity index (χ1n) is 7.51. The molecule has 0 bridgehead atoms. The van der Waals surface area contributed by atoms with E-state index < -0.39 is 0 Å². The molecule has 2 nitrogen and oxygen atoms in total. The van der Waals surface area contributed by atoms with Crippen molar-refractivity contribution < 1.29 is 0 Å². The standard InChI is InChI=1S/C18H23BrN2/c1-4-9-20-18(11-16-8-5-13(2)12-21-16)15-7-6-14(3)17(19)10-15/h5-8,10,12,18,20H,4,9,11H2,1-3H3. The number of hydrogen-bond acceptors (Lipinski definition) is 2. The molecule has 1 aromatic heterocycles. The average molecular weight is 347 g/mol. The third kappa shape index (κ3) is 4.65. The van der Waals surface area contributed by atoms with Gasteiger partial charge >= 0.3 is 0 Å². The lowest BCUT2D eigenvalue weighted by Gasteiger charge is -2.19. The van der Waals surface area contributed by atoms with E-state index in [9.17, 15) is 0 Å². The van der Waals surface area contributed by atoms with Gasteiger partial charge in [0, 0.05) is 28.8 Å². The first-order chi connectivity index (χ1) is 10.1. The molecule has 1 heterocycles. The van der Waals surface area contributed by atoms with Gasteiger partial charge in [-0.3, -0.25) is 4.98 Å². The quantitative estimate of drug-likeness (QED) is 0.816. The fraction of sp³-hybridized carbons (Fsp3) is 0.389. The van der Waals surface area contributed by atoms with E-state index in [0.717, 1.165) is 25.1 Å². The Morgan fingerprint density at radius 1 is 1.19 bits per heavy atom. The lowest BCUT2D eigenvalue weighted by Crippen LogP contribution is -2.24. The molecule has 2 aromatic rings. The van der Waals surface area contributed by atoms with Gasteiger partial charge in [0.15, 0.2) is 0 Å². The van der Waals surface area contributed by atoms with Crippen LogP contribution in [0.1, 0.15) is 41.8 Å². The van der Waals surface area contributed by atoms with Crippen LogP contribution in [-0.4, -0.2) is 11.5 Å². The molecule has 0 fully saturated rings. The minimum Gasteiger partial charge on any atom is -0.310 e. The van der Waals surface area contributed by atoms with Gasteiger partial charge in [-0.1, -0.05) is 41.1 Å². The van der Waals surface area contributed by atoms with Gasteiger partial charge in [0.2, 0.25) is 0 Å². The maximum Gasteiger partial charge on any atom is 0.0422 e. The monoisotopic (exact) mass is 346 g/mol. The summed E-state index contributed by atoms with van der Waals surface area (Å²) in [5, 5.41) is 3.63. The number of halogens is 1. The minimum atomic E-state index is 0.303. The molecule has 0 amide bonds. The summed E-state index contributed by atoms with van der Waals surface area (Å²) >= 11 is 3.63. The summed E-state index contributed by atoms with van der Waals surface area (Å²) < 4.78 is 1.17. The molecule has 3 heteroatoms. The number of aromatic nitrogens is 1. The Morgan fingerprint density at radius 2 is 2.00 bits per heavy atom. The molecule has 0 aliphatic carbocycles. The van der Waals surface area contributed by atoms with Gasteiger partial charge in [-0.25, -0.2) is 0 Å². The summed E-state index contributed by atoms with van der Waals surface area (Å²) in [6.07, 6.45) is 3.98. The van der Waals surface area contributed by atoms with E-state index in [1.165, 1.54) is 21.2 Å². The molecule has 2 rings (SSSR count). The maximum atomic E-state index is 4.54. The Bertz CT molecular complexity index is 578. The average Bonchev–Trinajstić information content (AvgIpc) is 2.48. The van der Waals surface area contributed by atoms with Gasteiger partial charge in [-0.15, -0.1) is 0 Å². The van der Waals surface area contributed by atoms with Crippen molar-refractivity contribution in [2.24, 2.45) is 0 Å². The molecule has 0 saturated carbocycles. The zero-order valence-corrected chi connectivity index (χ0v) is 14.6. The molecule has 0 saturated heterocycles. The number of pyridine rings is 1. The highest BCUT2D eigenvalue weighted by molar-refractivity contribution is 9.10. The van der Waals surface area contributed by atoms with E-state index in [1.807, 2.05) is 6.20 Å². The summed E-state index contributed by atoms with van der Waals surface area (Å²) in [5.41, 5.74) is 4.91. The van der Waals surface area contributed by atoms with Crippen LogP contribution in [0.15, 0.2) is 41.0 Å². The largest absolute Gasteiger partial charge is 0.310 e. The van der Waals surface area contributed by atoms with Crippen molar-refractivity contribution in [3.63, 3.8) is 0 Å². The van der Waals surface area contributed by atoms with Crippen LogP contribution in [0.2, 0.25) is 0 Å². The van der Waals surface area contributed by atoms with Crippen molar-refractivity contribution >= 4 is 15.9 Å². The SMILES string of the molecule is CCCNC(Cc1ccc(C)cn1)c1ccc(C)c(Br)c1. The van der Waals surface area contributed by atoms with Crippen LogP contribution in [0.25, 0.3) is 0 Å². The predicted molar refractivity (Wildman–Crippen MR) is 92.6 cm³/mol. The van der Waals surface area contributed by atoms with E-state index in [1.54, 1.807) is 0 Å². The molecule has 1 atom stereocenters. The fourth-order valence-corrected chi connectivity index (χ4v) is 2.68. The van der Waals surface area contributed by atoms with E-state index in [2.05, 4.69) is 77.3 Å². The zero-order chi connectivity index (χ0) is 15.2. The molecule has 0 aliphatic rings. The van der Waals surface area contributed by atoms with Crippen molar-refractivity contribution in [1.82, 2.24) is 10.3 Å². The number of nitrogens with one attached hydrogen (secondary N) is 1. The van der Waals surface area contributed by atoms with Crippen LogP contribution < -0.4 is 5.32 Å². The van der Waals surface area contributed by atoms with Crippen molar-refractivity contribution in [2.75, 3.05) is 6.54 Å². The zero-order valence-electron chi connectivity index (χ0n) is 13.0. The van der Waals surface area contributed by atoms with Crippen molar-refractivity contribution in [2.45, 2.75) is 39.7 Å². The molecule has 0 spiro atoms. The Kier molecular flexibility index (Phi) is 5.95. The Balaban J connectivity index is 2.20. The molecular weight excluding hydrogens is 324 g/mol. The van der Waals surface area contributed by atoms with Crippen LogP contribution in [0.4, 0.5) is 0 Å². The highest BCUT2D eigenvalue weighted by atomic mass is 79.9. The number of aryl methyl sites for hydroxylation is 2. The molecule has 1 N–H and O–H groups in total. The summed E-state index contributed by atoms with van der Waals surface area (Å²) in [6, 6.07) is 11.2. The van der Waals surface area contributed by atoms with Crippen molar-refractivity contribution in [3.8, 4) is 0 Å². The van der Waals surface area contributed by atoms with Gasteiger partial charge < -0.3 is 5.32 Å². The predicted octanol–water partition coefficient (Wildman–Crippen LogP) is 4.74. The second-order valence-electron chi connectivity index (χ2n) is 5.55. The van der Waals surface area contributed by atoms with Crippen LogP contribution in [0, 0.1) is 13.8 Å². The van der Waals surface area contributed by atoms with E-state index in [-0.39, 0.29) is 0 Å².